The molecule has 0 aliphatic rings. The molecule has 0 saturated heterocycles. The van der Waals surface area contributed by atoms with Crippen molar-refractivity contribution in [1.82, 2.24) is 5.32 Å². The van der Waals surface area contributed by atoms with Crippen LogP contribution in [0.4, 0.5) is 10.5 Å². The first-order valence-corrected chi connectivity index (χ1v) is 7.86. The Labute approximate surface area is 141 Å². The number of aryl methyl sites for hydroxylation is 1. The molecule has 0 unspecified atom stereocenters. The molecule has 23 heavy (non-hydrogen) atoms. The van der Waals surface area contributed by atoms with Crippen molar-refractivity contribution in [3.05, 3.63) is 58.1 Å². The molecule has 2 aromatic carbocycles. The molecule has 0 fully saturated rings. The molecule has 0 radical (unpaired) electrons. The molecule has 0 saturated carbocycles. The lowest BCUT2D eigenvalue weighted by Crippen LogP contribution is -2.32. The fourth-order valence-electron chi connectivity index (χ4n) is 2.12. The Morgan fingerprint density at radius 3 is 2.61 bits per heavy atom. The monoisotopic (exact) mass is 332 g/mol. The minimum Gasteiger partial charge on any atom is -0.491 e. The van der Waals surface area contributed by atoms with Crippen molar-refractivity contribution >= 4 is 23.3 Å². The topological polar surface area (TPSA) is 50.4 Å². The van der Waals surface area contributed by atoms with Crippen molar-refractivity contribution in [3.63, 3.8) is 0 Å². The van der Waals surface area contributed by atoms with E-state index in [-0.39, 0.29) is 6.03 Å². The fourth-order valence-corrected chi connectivity index (χ4v) is 2.29. The lowest BCUT2D eigenvalue weighted by molar-refractivity contribution is 0.247. The van der Waals surface area contributed by atoms with Crippen LogP contribution in [0.1, 0.15) is 16.7 Å². The van der Waals surface area contributed by atoms with E-state index in [0.29, 0.717) is 23.9 Å². The second kappa shape index (κ2) is 7.88. The zero-order valence-corrected chi connectivity index (χ0v) is 14.3. The number of benzene rings is 2. The number of urea groups is 1. The van der Waals surface area contributed by atoms with E-state index in [1.807, 2.05) is 45.0 Å². The molecule has 0 aliphatic carbocycles. The third-order valence-electron chi connectivity index (χ3n) is 3.72. The first-order valence-electron chi connectivity index (χ1n) is 7.48. The van der Waals surface area contributed by atoms with Gasteiger partial charge in [0.2, 0.25) is 0 Å². The molecule has 0 aromatic heterocycles. The normalized spacial score (nSPS) is 10.3. The van der Waals surface area contributed by atoms with E-state index in [4.69, 9.17) is 16.3 Å². The number of nitrogens with one attached hydrogen (secondary N) is 2. The van der Waals surface area contributed by atoms with Gasteiger partial charge >= 0.3 is 6.03 Å². The molecule has 2 rings (SSSR count). The van der Waals surface area contributed by atoms with Gasteiger partial charge in [0.25, 0.3) is 0 Å². The van der Waals surface area contributed by atoms with Gasteiger partial charge in [-0.25, -0.2) is 4.79 Å². The van der Waals surface area contributed by atoms with E-state index in [1.165, 1.54) is 5.56 Å². The predicted octanol–water partition coefficient (Wildman–Crippen LogP) is 4.47. The van der Waals surface area contributed by atoms with Gasteiger partial charge in [-0.15, -0.1) is 0 Å². The van der Waals surface area contributed by atoms with E-state index in [2.05, 4.69) is 10.6 Å². The Morgan fingerprint density at radius 1 is 1.09 bits per heavy atom. The molecule has 4 nitrogen and oxygen atoms in total. The summed E-state index contributed by atoms with van der Waals surface area (Å²) in [7, 11) is 0. The van der Waals surface area contributed by atoms with Crippen molar-refractivity contribution in [2.45, 2.75) is 20.8 Å². The summed E-state index contributed by atoms with van der Waals surface area (Å²) in [5.41, 5.74) is 3.84. The number of hydrogen-bond donors (Lipinski definition) is 2. The standard InChI is InChI=1S/C18H21ClN2O2/c1-12-6-4-9-17(13(12)2)23-11-10-20-18(22)21-16-8-5-7-15(19)14(16)3/h4-9H,10-11H2,1-3H3,(H2,20,21,22). The van der Waals surface area contributed by atoms with Crippen LogP contribution in [0.2, 0.25) is 5.02 Å². The van der Waals surface area contributed by atoms with Crippen molar-refractivity contribution in [1.29, 1.82) is 0 Å². The summed E-state index contributed by atoms with van der Waals surface area (Å²) in [6.07, 6.45) is 0. The highest BCUT2D eigenvalue weighted by Gasteiger charge is 2.06. The minimum atomic E-state index is -0.278. The minimum absolute atomic E-state index is 0.278. The van der Waals surface area contributed by atoms with Crippen LogP contribution < -0.4 is 15.4 Å². The van der Waals surface area contributed by atoms with Crippen LogP contribution in [0.3, 0.4) is 0 Å². The molecule has 5 heteroatoms. The van der Waals surface area contributed by atoms with Gasteiger partial charge in [-0.05, 0) is 55.7 Å². The van der Waals surface area contributed by atoms with E-state index in [9.17, 15) is 4.79 Å². The largest absolute Gasteiger partial charge is 0.491 e. The first-order chi connectivity index (χ1) is 11.0. The van der Waals surface area contributed by atoms with Gasteiger partial charge in [0.05, 0.1) is 6.54 Å². The Bertz CT molecular complexity index is 701. The van der Waals surface area contributed by atoms with Crippen LogP contribution in [0.5, 0.6) is 5.75 Å². The molecule has 0 atom stereocenters. The average Bonchev–Trinajstić information content (AvgIpc) is 2.52. The van der Waals surface area contributed by atoms with Crippen molar-refractivity contribution in [3.8, 4) is 5.75 Å². The quantitative estimate of drug-likeness (QED) is 0.794. The second-order valence-electron chi connectivity index (χ2n) is 5.34. The molecule has 2 aromatic rings. The van der Waals surface area contributed by atoms with Crippen molar-refractivity contribution in [2.24, 2.45) is 0 Å². The van der Waals surface area contributed by atoms with Gasteiger partial charge in [-0.1, -0.05) is 29.8 Å². The molecular weight excluding hydrogens is 312 g/mol. The predicted molar refractivity (Wildman–Crippen MR) is 94.6 cm³/mol. The van der Waals surface area contributed by atoms with Gasteiger partial charge in [-0.3, -0.25) is 0 Å². The van der Waals surface area contributed by atoms with Crippen molar-refractivity contribution < 1.29 is 9.53 Å². The number of amides is 2. The zero-order valence-electron chi connectivity index (χ0n) is 13.6. The lowest BCUT2D eigenvalue weighted by Gasteiger charge is -2.13. The van der Waals surface area contributed by atoms with Crippen LogP contribution in [-0.2, 0) is 0 Å². The van der Waals surface area contributed by atoms with E-state index in [0.717, 1.165) is 16.9 Å². The highest BCUT2D eigenvalue weighted by Crippen LogP contribution is 2.23. The molecule has 0 spiro atoms. The van der Waals surface area contributed by atoms with E-state index < -0.39 is 0 Å². The van der Waals surface area contributed by atoms with Crippen LogP contribution in [0, 0.1) is 20.8 Å². The molecule has 0 bridgehead atoms. The second-order valence-corrected chi connectivity index (χ2v) is 5.75. The molecule has 2 N–H and O–H groups in total. The van der Waals surface area contributed by atoms with Crippen molar-refractivity contribution in [2.75, 3.05) is 18.5 Å². The number of carbonyl (C=O) groups is 1. The Kier molecular flexibility index (Phi) is 5.88. The fraction of sp³-hybridized carbons (Fsp3) is 0.278. The van der Waals surface area contributed by atoms with Gasteiger partial charge < -0.3 is 15.4 Å². The summed E-state index contributed by atoms with van der Waals surface area (Å²) in [5.74, 6) is 0.845. The summed E-state index contributed by atoms with van der Waals surface area (Å²) < 4.78 is 5.70. The van der Waals surface area contributed by atoms with E-state index >= 15 is 0 Å². The van der Waals surface area contributed by atoms with Gasteiger partial charge in [-0.2, -0.15) is 0 Å². The van der Waals surface area contributed by atoms with Crippen LogP contribution in [-0.4, -0.2) is 19.2 Å². The maximum Gasteiger partial charge on any atom is 0.319 e. The summed E-state index contributed by atoms with van der Waals surface area (Å²) in [6.45, 7) is 6.75. The van der Waals surface area contributed by atoms with Gasteiger partial charge in [0.15, 0.2) is 0 Å². The lowest BCUT2D eigenvalue weighted by atomic mass is 10.1. The van der Waals surface area contributed by atoms with Crippen LogP contribution in [0.15, 0.2) is 36.4 Å². The molecular formula is C18H21ClN2O2. The maximum atomic E-state index is 11.9. The summed E-state index contributed by atoms with van der Waals surface area (Å²) in [6, 6.07) is 11.1. The summed E-state index contributed by atoms with van der Waals surface area (Å²) in [5, 5.41) is 6.17. The Morgan fingerprint density at radius 2 is 1.83 bits per heavy atom. The third-order valence-corrected chi connectivity index (χ3v) is 4.13. The number of ether oxygens (including phenoxy) is 1. The molecule has 122 valence electrons. The maximum absolute atomic E-state index is 11.9. The van der Waals surface area contributed by atoms with Crippen LogP contribution in [0.25, 0.3) is 0 Å². The smallest absolute Gasteiger partial charge is 0.319 e. The van der Waals surface area contributed by atoms with Gasteiger partial charge in [0, 0.05) is 10.7 Å². The summed E-state index contributed by atoms with van der Waals surface area (Å²) >= 11 is 6.03. The molecule has 0 aliphatic heterocycles. The Balaban J connectivity index is 1.79. The first kappa shape index (κ1) is 17.2. The number of halogens is 1. The third kappa shape index (κ3) is 4.63. The summed E-state index contributed by atoms with van der Waals surface area (Å²) in [4.78, 5) is 11.9. The molecule has 2 amide bonds. The average molecular weight is 333 g/mol. The highest BCUT2D eigenvalue weighted by atomic mass is 35.5. The number of carbonyl (C=O) groups excluding carboxylic acids is 1. The number of anilines is 1. The number of rotatable bonds is 5. The molecule has 0 heterocycles. The SMILES string of the molecule is Cc1cccc(OCCNC(=O)Nc2cccc(Cl)c2C)c1C. The van der Waals surface area contributed by atoms with Crippen LogP contribution >= 0.6 is 11.6 Å². The Hall–Kier alpha value is -2.20. The van der Waals surface area contributed by atoms with Gasteiger partial charge in [0.1, 0.15) is 12.4 Å². The zero-order chi connectivity index (χ0) is 16.8. The number of hydrogen-bond acceptors (Lipinski definition) is 2. The highest BCUT2D eigenvalue weighted by molar-refractivity contribution is 6.31. The van der Waals surface area contributed by atoms with E-state index in [1.54, 1.807) is 12.1 Å².